The van der Waals surface area contributed by atoms with E-state index in [1.807, 2.05) is 78.9 Å². The van der Waals surface area contributed by atoms with E-state index in [0.29, 0.717) is 12.3 Å². The van der Waals surface area contributed by atoms with Crippen molar-refractivity contribution in [2.45, 2.75) is 17.3 Å². The molecule has 4 rings (SSSR count). The van der Waals surface area contributed by atoms with E-state index in [4.69, 9.17) is 0 Å². The number of para-hydroxylation sites is 3. The number of rotatable bonds is 9. The molecule has 0 fully saturated rings. The second-order valence-electron chi connectivity index (χ2n) is 6.91. The zero-order valence-electron chi connectivity index (χ0n) is 16.6. The first-order valence-electron chi connectivity index (χ1n) is 10.0. The molecule has 5 nitrogen and oxygen atoms in total. The van der Waals surface area contributed by atoms with Gasteiger partial charge in [0.15, 0.2) is 5.16 Å². The van der Waals surface area contributed by atoms with E-state index in [1.54, 1.807) is 11.8 Å². The third-order valence-corrected chi connectivity index (χ3v) is 5.66. The fourth-order valence-corrected chi connectivity index (χ4v) is 4.07. The fourth-order valence-electron chi connectivity index (χ4n) is 3.19. The van der Waals surface area contributed by atoms with Crippen molar-refractivity contribution in [3.05, 3.63) is 90.0 Å². The van der Waals surface area contributed by atoms with Gasteiger partial charge in [-0.25, -0.2) is 4.98 Å². The van der Waals surface area contributed by atoms with E-state index in [9.17, 15) is 4.79 Å². The van der Waals surface area contributed by atoms with Gasteiger partial charge in [-0.2, -0.15) is 0 Å². The van der Waals surface area contributed by atoms with Gasteiger partial charge in [0.25, 0.3) is 5.91 Å². The van der Waals surface area contributed by atoms with E-state index in [2.05, 4.69) is 20.6 Å². The molecule has 0 saturated heterocycles. The van der Waals surface area contributed by atoms with Crippen molar-refractivity contribution in [3.63, 3.8) is 0 Å². The molecule has 3 aromatic carbocycles. The number of carbonyl (C=O) groups excluding carboxylic acids is 1. The maximum Gasteiger partial charge on any atom is 0.251 e. The second kappa shape index (κ2) is 9.98. The summed E-state index contributed by atoms with van der Waals surface area (Å²) < 4.78 is 0. The van der Waals surface area contributed by atoms with Crippen molar-refractivity contribution < 1.29 is 4.79 Å². The van der Waals surface area contributed by atoms with Crippen LogP contribution in [0.25, 0.3) is 11.0 Å². The van der Waals surface area contributed by atoms with E-state index < -0.39 is 0 Å². The first kappa shape index (κ1) is 20.0. The Bertz CT molecular complexity index is 1080. The molecule has 0 unspecified atom stereocenters. The number of H-pyrrole nitrogens is 1. The molecule has 0 spiro atoms. The van der Waals surface area contributed by atoms with E-state index in [-0.39, 0.29) is 5.91 Å². The Morgan fingerprint density at radius 3 is 2.53 bits per heavy atom. The quantitative estimate of drug-likeness (QED) is 0.263. The van der Waals surface area contributed by atoms with Crippen LogP contribution in [0, 0.1) is 0 Å². The number of aromatic nitrogens is 2. The van der Waals surface area contributed by atoms with Crippen LogP contribution >= 0.6 is 11.8 Å². The minimum Gasteiger partial charge on any atom is -0.385 e. The highest BCUT2D eigenvalue weighted by Gasteiger charge is 2.11. The van der Waals surface area contributed by atoms with Crippen molar-refractivity contribution in [2.75, 3.05) is 18.4 Å². The summed E-state index contributed by atoms with van der Waals surface area (Å²) >= 11 is 1.60. The number of nitrogens with zero attached hydrogens (tertiary/aromatic N) is 1. The number of nitrogens with one attached hydrogen (secondary N) is 3. The lowest BCUT2D eigenvalue weighted by Crippen LogP contribution is -2.26. The Kier molecular flexibility index (Phi) is 6.67. The Morgan fingerprint density at radius 1 is 0.900 bits per heavy atom. The summed E-state index contributed by atoms with van der Waals surface area (Å²) in [6.07, 6.45) is 0.858. The molecule has 6 heteroatoms. The highest BCUT2D eigenvalue weighted by atomic mass is 32.2. The van der Waals surface area contributed by atoms with Crippen LogP contribution in [0.2, 0.25) is 0 Å². The van der Waals surface area contributed by atoms with Crippen LogP contribution in [0.15, 0.2) is 84.0 Å². The molecule has 30 heavy (non-hydrogen) atoms. The summed E-state index contributed by atoms with van der Waals surface area (Å²) in [5, 5.41) is 7.25. The lowest BCUT2D eigenvalue weighted by Gasteiger charge is -2.10. The van der Waals surface area contributed by atoms with Gasteiger partial charge in [-0.15, -0.1) is 0 Å². The first-order chi connectivity index (χ1) is 14.8. The predicted octanol–water partition coefficient (Wildman–Crippen LogP) is 5.09. The summed E-state index contributed by atoms with van der Waals surface area (Å²) in [5.41, 5.74) is 4.79. The number of carbonyl (C=O) groups is 1. The molecule has 4 aromatic rings. The molecule has 0 atom stereocenters. The van der Waals surface area contributed by atoms with Gasteiger partial charge >= 0.3 is 0 Å². The number of anilines is 1. The third-order valence-electron chi connectivity index (χ3n) is 4.74. The fraction of sp³-hybridized carbons (Fsp3) is 0.167. The predicted molar refractivity (Wildman–Crippen MR) is 124 cm³/mol. The standard InChI is InChI=1S/C24H24N4OS/c29-23(26-16-8-15-25-19-10-2-1-3-11-19)20-12-5-4-9-18(20)17-30-24-27-21-13-6-7-14-22(21)28-24/h1-7,9-14,25H,8,15-17H2,(H,26,29)(H,27,28). The number of imidazole rings is 1. The van der Waals surface area contributed by atoms with Gasteiger partial charge < -0.3 is 15.6 Å². The molecule has 1 heterocycles. The van der Waals surface area contributed by atoms with E-state index in [1.165, 1.54) is 0 Å². The number of hydrogen-bond donors (Lipinski definition) is 3. The maximum absolute atomic E-state index is 12.7. The Hall–Kier alpha value is -3.25. The lowest BCUT2D eigenvalue weighted by molar-refractivity contribution is 0.0953. The van der Waals surface area contributed by atoms with Crippen LogP contribution in [0.5, 0.6) is 0 Å². The summed E-state index contributed by atoms with van der Waals surface area (Å²) in [6, 6.07) is 25.8. The minimum absolute atomic E-state index is 0.0319. The summed E-state index contributed by atoms with van der Waals surface area (Å²) in [7, 11) is 0. The van der Waals surface area contributed by atoms with Gasteiger partial charge in [0.2, 0.25) is 0 Å². The summed E-state index contributed by atoms with van der Waals surface area (Å²) in [5.74, 6) is 0.648. The molecule has 0 aliphatic rings. The molecule has 152 valence electrons. The maximum atomic E-state index is 12.7. The number of fused-ring (bicyclic) bond motifs is 1. The van der Waals surface area contributed by atoms with E-state index in [0.717, 1.165) is 46.0 Å². The van der Waals surface area contributed by atoms with Crippen molar-refractivity contribution in [2.24, 2.45) is 0 Å². The van der Waals surface area contributed by atoms with Gasteiger partial charge in [0.1, 0.15) is 0 Å². The normalized spacial score (nSPS) is 10.8. The Labute approximate surface area is 180 Å². The highest BCUT2D eigenvalue weighted by Crippen LogP contribution is 2.24. The second-order valence-corrected chi connectivity index (χ2v) is 7.87. The molecule has 3 N–H and O–H groups in total. The average molecular weight is 417 g/mol. The minimum atomic E-state index is -0.0319. The van der Waals surface area contributed by atoms with Crippen molar-refractivity contribution >= 4 is 34.4 Å². The zero-order chi connectivity index (χ0) is 20.6. The van der Waals surface area contributed by atoms with Crippen LogP contribution in [-0.2, 0) is 5.75 Å². The van der Waals surface area contributed by atoms with Crippen LogP contribution in [0.1, 0.15) is 22.3 Å². The van der Waals surface area contributed by atoms with E-state index >= 15 is 0 Å². The van der Waals surface area contributed by atoms with Crippen LogP contribution in [0.4, 0.5) is 5.69 Å². The van der Waals surface area contributed by atoms with Crippen LogP contribution in [0.3, 0.4) is 0 Å². The molecule has 1 aromatic heterocycles. The van der Waals surface area contributed by atoms with Crippen molar-refractivity contribution in [1.82, 2.24) is 15.3 Å². The molecule has 0 aliphatic heterocycles. The van der Waals surface area contributed by atoms with Crippen LogP contribution < -0.4 is 10.6 Å². The molecule has 0 radical (unpaired) electrons. The SMILES string of the molecule is O=C(NCCCNc1ccccc1)c1ccccc1CSc1nc2ccccc2[nH]1. The molecule has 0 saturated carbocycles. The lowest BCUT2D eigenvalue weighted by atomic mass is 10.1. The molecular weight excluding hydrogens is 392 g/mol. The van der Waals surface area contributed by atoms with Gasteiger partial charge in [0.05, 0.1) is 11.0 Å². The largest absolute Gasteiger partial charge is 0.385 e. The molecule has 0 bridgehead atoms. The van der Waals surface area contributed by atoms with Gasteiger partial charge in [-0.1, -0.05) is 60.3 Å². The molecule has 0 aliphatic carbocycles. The smallest absolute Gasteiger partial charge is 0.251 e. The topological polar surface area (TPSA) is 69.8 Å². The van der Waals surface area contributed by atoms with Crippen molar-refractivity contribution in [1.29, 1.82) is 0 Å². The average Bonchev–Trinajstić information content (AvgIpc) is 3.21. The summed E-state index contributed by atoms with van der Waals surface area (Å²) in [6.45, 7) is 1.44. The third kappa shape index (κ3) is 5.21. The Balaban J connectivity index is 1.29. The summed E-state index contributed by atoms with van der Waals surface area (Å²) in [4.78, 5) is 20.6. The number of thioether (sulfide) groups is 1. The molecular formula is C24H24N4OS. The highest BCUT2D eigenvalue weighted by molar-refractivity contribution is 7.98. The van der Waals surface area contributed by atoms with Crippen LogP contribution in [-0.4, -0.2) is 29.0 Å². The van der Waals surface area contributed by atoms with Gasteiger partial charge in [0, 0.05) is 30.1 Å². The number of benzene rings is 3. The number of aromatic amines is 1. The number of amides is 1. The zero-order valence-corrected chi connectivity index (χ0v) is 17.4. The van der Waals surface area contributed by atoms with Gasteiger partial charge in [-0.05, 0) is 42.3 Å². The first-order valence-corrected chi connectivity index (χ1v) is 11.0. The molecule has 1 amide bonds. The monoisotopic (exact) mass is 416 g/mol. The Morgan fingerprint density at radius 2 is 1.67 bits per heavy atom. The van der Waals surface area contributed by atoms with Gasteiger partial charge in [-0.3, -0.25) is 4.79 Å². The number of hydrogen-bond acceptors (Lipinski definition) is 4. The van der Waals surface area contributed by atoms with Crippen molar-refractivity contribution in [3.8, 4) is 0 Å².